The molecule has 3 nitrogen and oxygen atoms in total. The molecule has 3 aromatic rings. The van der Waals surface area contributed by atoms with Gasteiger partial charge in [-0.15, -0.1) is 0 Å². The molecule has 0 unspecified atom stereocenters. The van der Waals surface area contributed by atoms with Crippen LogP contribution >= 0.6 is 0 Å². The van der Waals surface area contributed by atoms with Crippen molar-refractivity contribution in [3.05, 3.63) is 107 Å². The van der Waals surface area contributed by atoms with E-state index in [1.807, 2.05) is 12.1 Å². The lowest BCUT2D eigenvalue weighted by molar-refractivity contribution is -0.139. The highest BCUT2D eigenvalue weighted by Gasteiger charge is 2.29. The first-order chi connectivity index (χ1) is 17.2. The number of halogens is 1. The number of nitrogens with zero attached hydrogens (tertiary/aromatic N) is 2. The summed E-state index contributed by atoms with van der Waals surface area (Å²) in [4.78, 5) is 17.6. The molecule has 0 N–H and O–H groups in total. The standard InChI is InChI=1S/C31H37FN2O/c32-29-19-17-28(18-20-29)21-22-33-23-24-34(31(35)25-33)30(15-7-13-26-9-3-1-4-10-26)16-8-14-27-11-5-2-6-12-27/h1-6,9-12,17-20,30H,7-8,13-16,21-25H2. The topological polar surface area (TPSA) is 23.6 Å². The van der Waals surface area contributed by atoms with Crippen molar-refractivity contribution in [1.82, 2.24) is 9.80 Å². The maximum Gasteiger partial charge on any atom is 0.237 e. The van der Waals surface area contributed by atoms with Crippen LogP contribution < -0.4 is 0 Å². The number of carbonyl (C=O) groups excluding carboxylic acids is 1. The molecule has 1 amide bonds. The van der Waals surface area contributed by atoms with Crippen LogP contribution in [0.4, 0.5) is 4.39 Å². The van der Waals surface area contributed by atoms with Gasteiger partial charge in [0.2, 0.25) is 5.91 Å². The summed E-state index contributed by atoms with van der Waals surface area (Å²) in [5.74, 6) is 0.0443. The summed E-state index contributed by atoms with van der Waals surface area (Å²) in [5.41, 5.74) is 3.85. The molecule has 0 aliphatic carbocycles. The Kier molecular flexibility index (Phi) is 9.47. The summed E-state index contributed by atoms with van der Waals surface area (Å²) in [6.07, 6.45) is 7.24. The van der Waals surface area contributed by atoms with Crippen LogP contribution in [0.15, 0.2) is 84.9 Å². The first-order valence-electron chi connectivity index (χ1n) is 13.0. The van der Waals surface area contributed by atoms with Crippen molar-refractivity contribution in [2.45, 2.75) is 51.0 Å². The lowest BCUT2D eigenvalue weighted by atomic mass is 9.97. The van der Waals surface area contributed by atoms with Crippen molar-refractivity contribution in [3.8, 4) is 0 Å². The maximum atomic E-state index is 13.2. The number of hydrogen-bond acceptors (Lipinski definition) is 2. The predicted octanol–water partition coefficient (Wildman–Crippen LogP) is 5.93. The number of aryl methyl sites for hydroxylation is 2. The van der Waals surface area contributed by atoms with E-state index in [4.69, 9.17) is 0 Å². The van der Waals surface area contributed by atoms with E-state index in [9.17, 15) is 9.18 Å². The minimum absolute atomic E-state index is 0.205. The minimum atomic E-state index is -0.205. The summed E-state index contributed by atoms with van der Waals surface area (Å²) in [7, 11) is 0. The Morgan fingerprint density at radius 2 is 1.23 bits per heavy atom. The number of piperazine rings is 1. The molecule has 184 valence electrons. The van der Waals surface area contributed by atoms with Gasteiger partial charge in [-0.2, -0.15) is 0 Å². The SMILES string of the molecule is O=C1CN(CCc2ccc(F)cc2)CCN1C(CCCc1ccccc1)CCCc1ccccc1. The minimum Gasteiger partial charge on any atom is -0.337 e. The molecule has 1 aliphatic rings. The number of benzene rings is 3. The molecule has 0 spiro atoms. The monoisotopic (exact) mass is 472 g/mol. The van der Waals surface area contributed by atoms with E-state index in [1.54, 1.807) is 0 Å². The van der Waals surface area contributed by atoms with Crippen molar-refractivity contribution in [1.29, 1.82) is 0 Å². The Hall–Kier alpha value is -2.98. The molecule has 1 aliphatic heterocycles. The Balaban J connectivity index is 1.30. The van der Waals surface area contributed by atoms with Crippen LogP contribution in [0.1, 0.15) is 42.4 Å². The van der Waals surface area contributed by atoms with Gasteiger partial charge in [-0.25, -0.2) is 4.39 Å². The van der Waals surface area contributed by atoms with E-state index in [-0.39, 0.29) is 11.7 Å². The van der Waals surface area contributed by atoms with Crippen LogP contribution in [-0.2, 0) is 24.1 Å². The van der Waals surface area contributed by atoms with Crippen LogP contribution in [-0.4, -0.2) is 47.9 Å². The van der Waals surface area contributed by atoms with Gasteiger partial charge in [0.05, 0.1) is 6.54 Å². The van der Waals surface area contributed by atoms with Crippen LogP contribution in [0.2, 0.25) is 0 Å². The second kappa shape index (κ2) is 13.2. The predicted molar refractivity (Wildman–Crippen MR) is 141 cm³/mol. The highest BCUT2D eigenvalue weighted by molar-refractivity contribution is 5.79. The Labute approximate surface area is 209 Å². The third kappa shape index (κ3) is 8.03. The molecule has 3 aromatic carbocycles. The van der Waals surface area contributed by atoms with Crippen LogP contribution in [0, 0.1) is 5.82 Å². The number of hydrogen-bond donors (Lipinski definition) is 0. The fraction of sp³-hybridized carbons (Fsp3) is 0.387. The molecule has 0 bridgehead atoms. The van der Waals surface area contributed by atoms with E-state index in [0.29, 0.717) is 12.6 Å². The fourth-order valence-electron chi connectivity index (χ4n) is 5.08. The average Bonchev–Trinajstić information content (AvgIpc) is 2.89. The second-order valence-electron chi connectivity index (χ2n) is 9.65. The van der Waals surface area contributed by atoms with Crippen molar-refractivity contribution < 1.29 is 9.18 Å². The molecule has 35 heavy (non-hydrogen) atoms. The largest absolute Gasteiger partial charge is 0.337 e. The lowest BCUT2D eigenvalue weighted by Gasteiger charge is -2.39. The van der Waals surface area contributed by atoms with E-state index in [2.05, 4.69) is 70.5 Å². The molecule has 4 heteroatoms. The Morgan fingerprint density at radius 1 is 0.686 bits per heavy atom. The van der Waals surface area contributed by atoms with E-state index in [0.717, 1.165) is 70.1 Å². The fourth-order valence-corrected chi connectivity index (χ4v) is 5.08. The van der Waals surface area contributed by atoms with Gasteiger partial charge in [-0.05, 0) is 73.8 Å². The second-order valence-corrected chi connectivity index (χ2v) is 9.65. The van der Waals surface area contributed by atoms with Crippen LogP contribution in [0.5, 0.6) is 0 Å². The first-order valence-corrected chi connectivity index (χ1v) is 13.0. The molecule has 1 fully saturated rings. The molecule has 0 aromatic heterocycles. The smallest absolute Gasteiger partial charge is 0.237 e. The summed E-state index contributed by atoms with van der Waals surface area (Å²) in [6, 6.07) is 28.3. The summed E-state index contributed by atoms with van der Waals surface area (Å²) in [6.45, 7) is 3.01. The summed E-state index contributed by atoms with van der Waals surface area (Å²) in [5, 5.41) is 0. The van der Waals surface area contributed by atoms with Crippen LogP contribution in [0.25, 0.3) is 0 Å². The zero-order valence-corrected chi connectivity index (χ0v) is 20.6. The first kappa shape index (κ1) is 25.1. The Morgan fingerprint density at radius 3 is 1.77 bits per heavy atom. The summed E-state index contributed by atoms with van der Waals surface area (Å²) >= 11 is 0. The average molecular weight is 473 g/mol. The van der Waals surface area contributed by atoms with Gasteiger partial charge in [0.15, 0.2) is 0 Å². The zero-order chi connectivity index (χ0) is 24.3. The molecule has 0 atom stereocenters. The molecular formula is C31H37FN2O. The van der Waals surface area contributed by atoms with Crippen molar-refractivity contribution in [2.75, 3.05) is 26.2 Å². The van der Waals surface area contributed by atoms with Gasteiger partial charge in [0.1, 0.15) is 5.82 Å². The number of rotatable bonds is 12. The number of amides is 1. The molecule has 0 saturated carbocycles. The van der Waals surface area contributed by atoms with Crippen LogP contribution in [0.3, 0.4) is 0 Å². The van der Waals surface area contributed by atoms with Gasteiger partial charge in [0.25, 0.3) is 0 Å². The van der Waals surface area contributed by atoms with Gasteiger partial charge >= 0.3 is 0 Å². The number of carbonyl (C=O) groups is 1. The van der Waals surface area contributed by atoms with E-state index in [1.165, 1.54) is 23.3 Å². The van der Waals surface area contributed by atoms with E-state index < -0.39 is 0 Å². The molecule has 4 rings (SSSR count). The zero-order valence-electron chi connectivity index (χ0n) is 20.6. The van der Waals surface area contributed by atoms with Crippen molar-refractivity contribution in [2.24, 2.45) is 0 Å². The maximum absolute atomic E-state index is 13.2. The molecule has 1 heterocycles. The highest BCUT2D eigenvalue weighted by atomic mass is 19.1. The lowest BCUT2D eigenvalue weighted by Crippen LogP contribution is -2.54. The Bertz CT molecular complexity index is 977. The third-order valence-electron chi connectivity index (χ3n) is 7.10. The molecule has 1 saturated heterocycles. The van der Waals surface area contributed by atoms with Gasteiger partial charge < -0.3 is 4.90 Å². The van der Waals surface area contributed by atoms with E-state index >= 15 is 0 Å². The normalized spacial score (nSPS) is 14.6. The summed E-state index contributed by atoms with van der Waals surface area (Å²) < 4.78 is 13.2. The van der Waals surface area contributed by atoms with Crippen molar-refractivity contribution in [3.63, 3.8) is 0 Å². The van der Waals surface area contributed by atoms with Crippen molar-refractivity contribution >= 4 is 5.91 Å². The van der Waals surface area contributed by atoms with Gasteiger partial charge in [-0.3, -0.25) is 9.69 Å². The third-order valence-corrected chi connectivity index (χ3v) is 7.10. The van der Waals surface area contributed by atoms with Gasteiger partial charge in [-0.1, -0.05) is 72.8 Å². The van der Waals surface area contributed by atoms with Gasteiger partial charge in [0, 0.05) is 25.7 Å². The highest BCUT2D eigenvalue weighted by Crippen LogP contribution is 2.20. The molecule has 0 radical (unpaired) electrons. The molecular weight excluding hydrogens is 435 g/mol. The quantitative estimate of drug-likeness (QED) is 0.326.